The Kier molecular flexibility index (Phi) is 5.90. The molecule has 1 fully saturated rings. The molecule has 164 valence electrons. The van der Waals surface area contributed by atoms with Crippen LogP contribution >= 0.6 is 11.3 Å². The predicted molar refractivity (Wildman–Crippen MR) is 123 cm³/mol. The SMILES string of the molecule is Cc1ccc(NS(=O)(=O)c2cc(-c3nc(C)c(C(=O)N4CCCCC4)s3)n(C)c2)cc1. The fourth-order valence-corrected chi connectivity index (χ4v) is 5.90. The molecule has 3 heterocycles. The zero-order valence-electron chi connectivity index (χ0n) is 17.9. The summed E-state index contributed by atoms with van der Waals surface area (Å²) in [6.07, 6.45) is 4.79. The number of aryl methyl sites for hydroxylation is 3. The molecule has 0 spiro atoms. The molecule has 1 saturated heterocycles. The molecule has 1 aliphatic heterocycles. The normalized spacial score (nSPS) is 14.6. The summed E-state index contributed by atoms with van der Waals surface area (Å²) in [5, 5.41) is 0.636. The Morgan fingerprint density at radius 2 is 1.77 bits per heavy atom. The molecule has 31 heavy (non-hydrogen) atoms. The van der Waals surface area contributed by atoms with Crippen molar-refractivity contribution in [1.82, 2.24) is 14.5 Å². The van der Waals surface area contributed by atoms with E-state index in [-0.39, 0.29) is 10.8 Å². The number of aromatic nitrogens is 2. The molecule has 1 N–H and O–H groups in total. The number of anilines is 1. The molecule has 7 nitrogen and oxygen atoms in total. The van der Waals surface area contributed by atoms with Gasteiger partial charge in [-0.1, -0.05) is 17.7 Å². The smallest absolute Gasteiger partial charge is 0.265 e. The molecule has 0 aliphatic carbocycles. The van der Waals surface area contributed by atoms with E-state index in [1.165, 1.54) is 11.3 Å². The Labute approximate surface area is 186 Å². The lowest BCUT2D eigenvalue weighted by molar-refractivity contribution is 0.0728. The molecule has 1 aromatic carbocycles. The first kappa shape index (κ1) is 21.6. The van der Waals surface area contributed by atoms with Crippen molar-refractivity contribution in [2.24, 2.45) is 7.05 Å². The Hall–Kier alpha value is -2.65. The Bertz CT molecular complexity index is 1200. The molecule has 4 rings (SSSR count). The fraction of sp³-hybridized carbons (Fsp3) is 0.364. The van der Waals surface area contributed by atoms with Gasteiger partial charge in [0.2, 0.25) is 0 Å². The molecular weight excluding hydrogens is 432 g/mol. The minimum Gasteiger partial charge on any atom is -0.347 e. The predicted octanol–water partition coefficient (Wildman–Crippen LogP) is 4.19. The number of sulfonamides is 1. The van der Waals surface area contributed by atoms with Crippen molar-refractivity contribution < 1.29 is 13.2 Å². The molecule has 0 radical (unpaired) electrons. The Morgan fingerprint density at radius 1 is 1.10 bits per heavy atom. The van der Waals surface area contributed by atoms with Gasteiger partial charge in [0.15, 0.2) is 0 Å². The van der Waals surface area contributed by atoms with Gasteiger partial charge in [0.25, 0.3) is 15.9 Å². The van der Waals surface area contributed by atoms with E-state index in [2.05, 4.69) is 9.71 Å². The standard InChI is InChI=1S/C22H26N4O3S2/c1-15-7-9-17(10-8-15)24-31(28,29)18-13-19(25(3)14-18)21-23-16(2)20(30-21)22(27)26-11-5-4-6-12-26/h7-10,13-14,24H,4-6,11-12H2,1-3H3. The molecule has 9 heteroatoms. The van der Waals surface area contributed by atoms with Crippen LogP contribution in [0.2, 0.25) is 0 Å². The first-order valence-electron chi connectivity index (χ1n) is 10.3. The number of benzene rings is 1. The van der Waals surface area contributed by atoms with Crippen molar-refractivity contribution in [3.05, 3.63) is 52.7 Å². The zero-order chi connectivity index (χ0) is 22.2. The second-order valence-corrected chi connectivity index (χ2v) is 10.6. The zero-order valence-corrected chi connectivity index (χ0v) is 19.5. The van der Waals surface area contributed by atoms with Crippen LogP contribution in [0.1, 0.15) is 40.2 Å². The topological polar surface area (TPSA) is 84.3 Å². The summed E-state index contributed by atoms with van der Waals surface area (Å²) in [4.78, 5) is 20.2. The van der Waals surface area contributed by atoms with Crippen molar-refractivity contribution in [2.45, 2.75) is 38.0 Å². The van der Waals surface area contributed by atoms with Gasteiger partial charge in [0.1, 0.15) is 14.8 Å². The van der Waals surface area contributed by atoms with E-state index in [1.54, 1.807) is 36.0 Å². The van der Waals surface area contributed by atoms with Crippen molar-refractivity contribution in [2.75, 3.05) is 17.8 Å². The van der Waals surface area contributed by atoms with Crippen LogP contribution in [-0.2, 0) is 17.1 Å². The molecule has 0 saturated carbocycles. The lowest BCUT2D eigenvalue weighted by Gasteiger charge is -2.26. The number of hydrogen-bond acceptors (Lipinski definition) is 5. The van der Waals surface area contributed by atoms with Crippen molar-refractivity contribution in [3.8, 4) is 10.7 Å². The second-order valence-electron chi connectivity index (χ2n) is 7.93. The van der Waals surface area contributed by atoms with E-state index < -0.39 is 10.0 Å². The van der Waals surface area contributed by atoms with E-state index in [4.69, 9.17) is 0 Å². The lowest BCUT2D eigenvalue weighted by Crippen LogP contribution is -2.35. The van der Waals surface area contributed by atoms with E-state index in [9.17, 15) is 13.2 Å². The summed E-state index contributed by atoms with van der Waals surface area (Å²) in [5.41, 5.74) is 2.91. The van der Waals surface area contributed by atoms with E-state index >= 15 is 0 Å². The molecule has 0 bridgehead atoms. The number of piperidine rings is 1. The highest BCUT2D eigenvalue weighted by molar-refractivity contribution is 7.92. The highest BCUT2D eigenvalue weighted by Crippen LogP contribution is 2.32. The molecule has 2 aromatic heterocycles. The first-order chi connectivity index (χ1) is 14.7. The van der Waals surface area contributed by atoms with Crippen molar-refractivity contribution >= 4 is 33.0 Å². The van der Waals surface area contributed by atoms with Gasteiger partial charge in [-0.05, 0) is 51.3 Å². The van der Waals surface area contributed by atoms with Gasteiger partial charge in [-0.3, -0.25) is 9.52 Å². The molecular formula is C22H26N4O3S2. The van der Waals surface area contributed by atoms with Crippen LogP contribution in [0.25, 0.3) is 10.7 Å². The molecule has 1 amide bonds. The molecule has 3 aromatic rings. The van der Waals surface area contributed by atoms with Gasteiger partial charge < -0.3 is 9.47 Å². The minimum absolute atomic E-state index is 0.0176. The summed E-state index contributed by atoms with van der Waals surface area (Å²) in [6.45, 7) is 5.34. The van der Waals surface area contributed by atoms with Crippen LogP contribution in [0, 0.1) is 13.8 Å². The number of nitrogens with one attached hydrogen (secondary N) is 1. The number of nitrogens with zero attached hydrogens (tertiary/aromatic N) is 3. The van der Waals surface area contributed by atoms with Gasteiger partial charge in [-0.25, -0.2) is 13.4 Å². The van der Waals surface area contributed by atoms with Crippen LogP contribution in [0.15, 0.2) is 41.4 Å². The maximum atomic E-state index is 12.9. The quantitative estimate of drug-likeness (QED) is 0.621. The van der Waals surface area contributed by atoms with Gasteiger partial charge in [0, 0.05) is 32.0 Å². The Balaban J connectivity index is 1.60. The number of carbonyl (C=O) groups excluding carboxylic acids is 1. The maximum Gasteiger partial charge on any atom is 0.265 e. The second kappa shape index (κ2) is 8.47. The van der Waals surface area contributed by atoms with Gasteiger partial charge in [0.05, 0.1) is 11.4 Å². The van der Waals surface area contributed by atoms with Crippen LogP contribution in [0.4, 0.5) is 5.69 Å². The van der Waals surface area contributed by atoms with Gasteiger partial charge in [-0.2, -0.15) is 0 Å². The lowest BCUT2D eigenvalue weighted by atomic mass is 10.1. The molecule has 1 aliphatic rings. The van der Waals surface area contributed by atoms with Crippen LogP contribution in [0.3, 0.4) is 0 Å². The average molecular weight is 459 g/mol. The largest absolute Gasteiger partial charge is 0.347 e. The number of likely N-dealkylation sites (tertiary alicyclic amines) is 1. The number of hydrogen-bond donors (Lipinski definition) is 1. The van der Waals surface area contributed by atoms with Crippen LogP contribution in [-0.4, -0.2) is 41.9 Å². The molecule has 0 atom stereocenters. The van der Waals surface area contributed by atoms with Gasteiger partial charge >= 0.3 is 0 Å². The third kappa shape index (κ3) is 4.52. The van der Waals surface area contributed by atoms with E-state index in [0.717, 1.165) is 37.9 Å². The van der Waals surface area contributed by atoms with Gasteiger partial charge in [-0.15, -0.1) is 11.3 Å². The molecule has 0 unspecified atom stereocenters. The van der Waals surface area contributed by atoms with Crippen LogP contribution in [0.5, 0.6) is 0 Å². The maximum absolute atomic E-state index is 12.9. The third-order valence-electron chi connectivity index (χ3n) is 5.45. The minimum atomic E-state index is -3.74. The van der Waals surface area contributed by atoms with E-state index in [0.29, 0.717) is 27.0 Å². The average Bonchev–Trinajstić information content (AvgIpc) is 3.33. The van der Waals surface area contributed by atoms with Crippen LogP contribution < -0.4 is 4.72 Å². The number of amides is 1. The summed E-state index contributed by atoms with van der Waals surface area (Å²) in [7, 11) is -1.96. The monoisotopic (exact) mass is 458 g/mol. The summed E-state index contributed by atoms with van der Waals surface area (Å²) in [6, 6.07) is 8.78. The highest BCUT2D eigenvalue weighted by atomic mass is 32.2. The third-order valence-corrected chi connectivity index (χ3v) is 7.96. The summed E-state index contributed by atoms with van der Waals surface area (Å²) >= 11 is 1.32. The number of thiazole rings is 1. The Morgan fingerprint density at radius 3 is 2.45 bits per heavy atom. The first-order valence-corrected chi connectivity index (χ1v) is 12.6. The summed E-state index contributed by atoms with van der Waals surface area (Å²) < 4.78 is 30.1. The summed E-state index contributed by atoms with van der Waals surface area (Å²) in [5.74, 6) is 0.0176. The number of rotatable bonds is 5. The number of carbonyl (C=O) groups is 1. The van der Waals surface area contributed by atoms with Crippen molar-refractivity contribution in [3.63, 3.8) is 0 Å². The highest BCUT2D eigenvalue weighted by Gasteiger charge is 2.25. The van der Waals surface area contributed by atoms with Crippen molar-refractivity contribution in [1.29, 1.82) is 0 Å². The fourth-order valence-electron chi connectivity index (χ4n) is 3.67. The van der Waals surface area contributed by atoms with E-state index in [1.807, 2.05) is 30.9 Å².